The van der Waals surface area contributed by atoms with Gasteiger partial charge in [-0.05, 0) is 44.2 Å². The van der Waals surface area contributed by atoms with Crippen LogP contribution in [-0.2, 0) is 11.3 Å². The second kappa shape index (κ2) is 8.31. The molecule has 0 radical (unpaired) electrons. The number of pyridine rings is 1. The van der Waals surface area contributed by atoms with E-state index in [1.807, 2.05) is 13.8 Å². The van der Waals surface area contributed by atoms with E-state index in [9.17, 15) is 9.59 Å². The summed E-state index contributed by atoms with van der Waals surface area (Å²) in [7, 11) is 1.50. The van der Waals surface area contributed by atoms with Crippen LogP contribution in [0, 0.1) is 0 Å². The molecule has 3 rings (SSSR count). The highest BCUT2D eigenvalue weighted by Crippen LogP contribution is 2.29. The average Bonchev–Trinajstić information content (AvgIpc) is 2.66. The van der Waals surface area contributed by atoms with E-state index in [-0.39, 0.29) is 18.3 Å². The molecule has 0 saturated carbocycles. The molecule has 146 valence electrons. The maximum Gasteiger partial charge on any atom is 0.338 e. The SMILES string of the molecule is COc1cc(C(=O)OCc2cc(=O)n3cc(Cl)ccc3n2)ccc1OC(C)C. The molecular formula is C20H19ClN2O5. The van der Waals surface area contributed by atoms with Gasteiger partial charge < -0.3 is 14.2 Å². The van der Waals surface area contributed by atoms with Crippen molar-refractivity contribution in [3.63, 3.8) is 0 Å². The summed E-state index contributed by atoms with van der Waals surface area (Å²) < 4.78 is 17.5. The molecule has 0 aliphatic carbocycles. The summed E-state index contributed by atoms with van der Waals surface area (Å²) in [4.78, 5) is 28.8. The Balaban J connectivity index is 1.76. The molecule has 0 fully saturated rings. The number of nitrogens with zero attached hydrogens (tertiary/aromatic N) is 2. The highest BCUT2D eigenvalue weighted by Gasteiger charge is 2.14. The van der Waals surface area contributed by atoms with Gasteiger partial charge in [-0.3, -0.25) is 9.20 Å². The first-order valence-electron chi connectivity index (χ1n) is 8.57. The minimum absolute atomic E-state index is 0.0280. The van der Waals surface area contributed by atoms with Crippen molar-refractivity contribution in [2.75, 3.05) is 7.11 Å². The van der Waals surface area contributed by atoms with Crippen molar-refractivity contribution in [2.24, 2.45) is 0 Å². The van der Waals surface area contributed by atoms with Crippen molar-refractivity contribution in [1.82, 2.24) is 9.38 Å². The molecular weight excluding hydrogens is 384 g/mol. The molecule has 0 aliphatic rings. The standard InChI is InChI=1S/C20H19ClN2O5/c1-12(2)28-16-6-4-13(8-17(16)26-3)20(25)27-11-15-9-19(24)23-10-14(21)5-7-18(23)22-15/h4-10,12H,11H2,1-3H3. The largest absolute Gasteiger partial charge is 0.493 e. The van der Waals surface area contributed by atoms with E-state index < -0.39 is 5.97 Å². The quantitative estimate of drug-likeness (QED) is 0.587. The first-order valence-corrected chi connectivity index (χ1v) is 8.95. The van der Waals surface area contributed by atoms with Crippen LogP contribution in [0.3, 0.4) is 0 Å². The van der Waals surface area contributed by atoms with Gasteiger partial charge in [0.05, 0.1) is 29.5 Å². The van der Waals surface area contributed by atoms with E-state index in [2.05, 4.69) is 4.98 Å². The summed E-state index contributed by atoms with van der Waals surface area (Å²) in [5.74, 6) is 0.409. The van der Waals surface area contributed by atoms with Crippen LogP contribution in [0.15, 0.2) is 47.4 Å². The second-order valence-electron chi connectivity index (χ2n) is 6.27. The summed E-state index contributed by atoms with van der Waals surface area (Å²) >= 11 is 5.89. The Morgan fingerprint density at radius 1 is 1.18 bits per heavy atom. The first-order chi connectivity index (χ1) is 13.4. The van der Waals surface area contributed by atoms with Gasteiger partial charge in [-0.1, -0.05) is 11.6 Å². The maximum atomic E-state index is 12.4. The third kappa shape index (κ3) is 4.43. The zero-order valence-corrected chi connectivity index (χ0v) is 16.4. The maximum absolute atomic E-state index is 12.4. The van der Waals surface area contributed by atoms with Crippen molar-refractivity contribution in [3.05, 3.63) is 69.2 Å². The molecule has 8 heteroatoms. The van der Waals surface area contributed by atoms with Crippen LogP contribution >= 0.6 is 11.6 Å². The number of methoxy groups -OCH3 is 1. The number of halogens is 1. The van der Waals surface area contributed by atoms with Crippen LogP contribution in [-0.4, -0.2) is 28.6 Å². The Kier molecular flexibility index (Phi) is 5.84. The smallest absolute Gasteiger partial charge is 0.338 e. The number of fused-ring (bicyclic) bond motifs is 1. The lowest BCUT2D eigenvalue weighted by atomic mass is 10.2. The number of carbonyl (C=O) groups is 1. The molecule has 0 amide bonds. The van der Waals surface area contributed by atoms with Crippen molar-refractivity contribution in [3.8, 4) is 11.5 Å². The highest BCUT2D eigenvalue weighted by atomic mass is 35.5. The van der Waals surface area contributed by atoms with E-state index in [0.29, 0.717) is 33.4 Å². The topological polar surface area (TPSA) is 79.1 Å². The summed E-state index contributed by atoms with van der Waals surface area (Å²) in [6.45, 7) is 3.66. The van der Waals surface area contributed by atoms with Gasteiger partial charge >= 0.3 is 5.97 Å². The second-order valence-corrected chi connectivity index (χ2v) is 6.71. The molecule has 2 aromatic heterocycles. The Labute approximate surface area is 166 Å². The number of carbonyl (C=O) groups excluding carboxylic acids is 1. The minimum Gasteiger partial charge on any atom is -0.493 e. The van der Waals surface area contributed by atoms with Gasteiger partial charge in [-0.2, -0.15) is 0 Å². The van der Waals surface area contributed by atoms with Crippen LogP contribution in [0.25, 0.3) is 5.65 Å². The predicted octanol–water partition coefficient (Wildman–Crippen LogP) is 3.50. The molecule has 0 atom stereocenters. The van der Waals surface area contributed by atoms with Crippen molar-refractivity contribution >= 4 is 23.2 Å². The molecule has 0 saturated heterocycles. The Hall–Kier alpha value is -3.06. The van der Waals surface area contributed by atoms with Gasteiger partial charge in [0, 0.05) is 12.3 Å². The minimum atomic E-state index is -0.562. The number of aromatic nitrogens is 2. The van der Waals surface area contributed by atoms with Crippen LogP contribution in [0.2, 0.25) is 5.02 Å². The summed E-state index contributed by atoms with van der Waals surface area (Å²) in [5, 5.41) is 0.425. The third-order valence-electron chi connectivity index (χ3n) is 3.79. The molecule has 2 heterocycles. The van der Waals surface area contributed by atoms with Crippen LogP contribution in [0.5, 0.6) is 11.5 Å². The highest BCUT2D eigenvalue weighted by molar-refractivity contribution is 6.30. The number of ether oxygens (including phenoxy) is 3. The lowest BCUT2D eigenvalue weighted by Gasteiger charge is -2.14. The lowest BCUT2D eigenvalue weighted by molar-refractivity contribution is 0.0467. The van der Waals surface area contributed by atoms with Crippen LogP contribution in [0.4, 0.5) is 0 Å². The van der Waals surface area contributed by atoms with Gasteiger partial charge in [-0.15, -0.1) is 0 Å². The Morgan fingerprint density at radius 2 is 1.96 bits per heavy atom. The summed E-state index contributed by atoms with van der Waals surface area (Å²) in [5.41, 5.74) is 0.750. The zero-order valence-electron chi connectivity index (χ0n) is 15.6. The van der Waals surface area contributed by atoms with Gasteiger partial charge in [0.25, 0.3) is 5.56 Å². The third-order valence-corrected chi connectivity index (χ3v) is 4.01. The van der Waals surface area contributed by atoms with Gasteiger partial charge in [0.15, 0.2) is 11.5 Å². The monoisotopic (exact) mass is 402 g/mol. The number of hydrogen-bond acceptors (Lipinski definition) is 6. The van der Waals surface area contributed by atoms with Crippen molar-refractivity contribution in [1.29, 1.82) is 0 Å². The van der Waals surface area contributed by atoms with Gasteiger partial charge in [0.2, 0.25) is 0 Å². The number of benzene rings is 1. The lowest BCUT2D eigenvalue weighted by Crippen LogP contribution is -2.16. The van der Waals surface area contributed by atoms with E-state index in [1.54, 1.807) is 30.3 Å². The Morgan fingerprint density at radius 3 is 2.68 bits per heavy atom. The fraction of sp³-hybridized carbons (Fsp3) is 0.250. The van der Waals surface area contributed by atoms with E-state index >= 15 is 0 Å². The van der Waals surface area contributed by atoms with Crippen molar-refractivity contribution < 1.29 is 19.0 Å². The van der Waals surface area contributed by atoms with E-state index in [4.69, 9.17) is 25.8 Å². The fourth-order valence-electron chi connectivity index (χ4n) is 2.57. The molecule has 3 aromatic rings. The molecule has 28 heavy (non-hydrogen) atoms. The number of hydrogen-bond donors (Lipinski definition) is 0. The molecule has 0 bridgehead atoms. The molecule has 0 N–H and O–H groups in total. The van der Waals surface area contributed by atoms with Gasteiger partial charge in [0.1, 0.15) is 12.3 Å². The summed E-state index contributed by atoms with van der Waals surface area (Å²) in [6.07, 6.45) is 1.45. The molecule has 1 aromatic carbocycles. The predicted molar refractivity (Wildman–Crippen MR) is 104 cm³/mol. The molecule has 0 unspecified atom stereocenters. The van der Waals surface area contributed by atoms with Gasteiger partial charge in [-0.25, -0.2) is 9.78 Å². The zero-order chi connectivity index (χ0) is 20.3. The summed E-state index contributed by atoms with van der Waals surface area (Å²) in [6, 6.07) is 9.34. The Bertz CT molecular complexity index is 1080. The van der Waals surface area contributed by atoms with E-state index in [0.717, 1.165) is 0 Å². The molecule has 0 spiro atoms. The van der Waals surface area contributed by atoms with Crippen LogP contribution in [0.1, 0.15) is 29.9 Å². The molecule has 7 nitrogen and oxygen atoms in total. The first kappa shape index (κ1) is 19.7. The van der Waals surface area contributed by atoms with E-state index in [1.165, 1.54) is 23.8 Å². The normalized spacial score (nSPS) is 10.9. The molecule has 0 aliphatic heterocycles. The average molecular weight is 403 g/mol. The van der Waals surface area contributed by atoms with Crippen molar-refractivity contribution in [2.45, 2.75) is 26.6 Å². The number of rotatable bonds is 6. The number of esters is 1. The van der Waals surface area contributed by atoms with Crippen LogP contribution < -0.4 is 15.0 Å². The fourth-order valence-corrected chi connectivity index (χ4v) is 2.73.